The van der Waals surface area contributed by atoms with Gasteiger partial charge in [-0.25, -0.2) is 0 Å². The number of nitro groups is 1. The van der Waals surface area contributed by atoms with Gasteiger partial charge in [-0.15, -0.1) is 0 Å². The molecule has 92 valence electrons. The van der Waals surface area contributed by atoms with Crippen molar-refractivity contribution in [2.45, 2.75) is 18.9 Å². The summed E-state index contributed by atoms with van der Waals surface area (Å²) in [4.78, 5) is 10.2. The molecule has 0 saturated carbocycles. The van der Waals surface area contributed by atoms with E-state index in [1.807, 2.05) is 0 Å². The lowest BCUT2D eigenvalue weighted by Gasteiger charge is -2.24. The average Bonchev–Trinajstić information content (AvgIpc) is 2.29. The molecule has 6 nitrogen and oxygen atoms in total. The number of nitrogens with one attached hydrogen (secondary N) is 1. The summed E-state index contributed by atoms with van der Waals surface area (Å²) < 4.78 is 5.33. The Morgan fingerprint density at radius 3 is 2.94 bits per heavy atom. The van der Waals surface area contributed by atoms with E-state index >= 15 is 0 Å². The van der Waals surface area contributed by atoms with Crippen molar-refractivity contribution in [2.24, 2.45) is 0 Å². The van der Waals surface area contributed by atoms with Crippen molar-refractivity contribution < 1.29 is 9.66 Å². The molecule has 17 heavy (non-hydrogen) atoms. The van der Waals surface area contributed by atoms with E-state index in [-0.39, 0.29) is 11.7 Å². The molecule has 6 heteroatoms. The molecule has 0 bridgehead atoms. The largest absolute Gasteiger partial charge is 0.398 e. The van der Waals surface area contributed by atoms with E-state index in [4.69, 9.17) is 10.5 Å². The molecule has 1 aliphatic heterocycles. The van der Waals surface area contributed by atoms with Crippen molar-refractivity contribution in [1.82, 2.24) is 0 Å². The first-order valence-electron chi connectivity index (χ1n) is 5.54. The van der Waals surface area contributed by atoms with Gasteiger partial charge in [0.1, 0.15) is 0 Å². The van der Waals surface area contributed by atoms with Crippen molar-refractivity contribution in [3.05, 3.63) is 28.3 Å². The number of nitrogens with two attached hydrogens (primary N) is 1. The van der Waals surface area contributed by atoms with Crippen LogP contribution in [0.25, 0.3) is 0 Å². The van der Waals surface area contributed by atoms with Crippen LogP contribution in [-0.4, -0.2) is 24.2 Å². The molecule has 1 unspecified atom stereocenters. The van der Waals surface area contributed by atoms with Gasteiger partial charge in [-0.05, 0) is 18.9 Å². The second-order valence-corrected chi connectivity index (χ2v) is 4.13. The molecule has 1 aromatic carbocycles. The molecule has 1 aromatic rings. The Kier molecular flexibility index (Phi) is 3.43. The molecule has 2 rings (SSSR count). The van der Waals surface area contributed by atoms with Crippen molar-refractivity contribution in [3.8, 4) is 0 Å². The first-order chi connectivity index (χ1) is 8.15. The Bertz CT molecular complexity index is 416. The van der Waals surface area contributed by atoms with Crippen molar-refractivity contribution in [1.29, 1.82) is 0 Å². The fourth-order valence-electron chi connectivity index (χ4n) is 1.91. The van der Waals surface area contributed by atoms with Gasteiger partial charge in [-0.3, -0.25) is 10.1 Å². The number of hydrogen-bond acceptors (Lipinski definition) is 5. The van der Waals surface area contributed by atoms with Crippen LogP contribution in [0.15, 0.2) is 18.2 Å². The van der Waals surface area contributed by atoms with Gasteiger partial charge in [-0.1, -0.05) is 0 Å². The van der Waals surface area contributed by atoms with E-state index < -0.39 is 4.92 Å². The number of hydrogen-bond donors (Lipinski definition) is 2. The second-order valence-electron chi connectivity index (χ2n) is 4.13. The highest BCUT2D eigenvalue weighted by Crippen LogP contribution is 2.24. The fourth-order valence-corrected chi connectivity index (χ4v) is 1.91. The summed E-state index contributed by atoms with van der Waals surface area (Å²) in [5.41, 5.74) is 6.69. The van der Waals surface area contributed by atoms with Crippen LogP contribution in [0.2, 0.25) is 0 Å². The van der Waals surface area contributed by atoms with Gasteiger partial charge >= 0.3 is 0 Å². The third-order valence-electron chi connectivity index (χ3n) is 2.68. The number of nitrogens with zero attached hydrogens (tertiary/aromatic N) is 1. The van der Waals surface area contributed by atoms with Crippen molar-refractivity contribution >= 4 is 17.1 Å². The molecule has 1 saturated heterocycles. The van der Waals surface area contributed by atoms with Crippen LogP contribution in [-0.2, 0) is 4.74 Å². The maximum atomic E-state index is 10.7. The molecule has 1 fully saturated rings. The van der Waals surface area contributed by atoms with Gasteiger partial charge in [0.25, 0.3) is 5.69 Å². The molecule has 1 aliphatic rings. The minimum atomic E-state index is -0.446. The highest BCUT2D eigenvalue weighted by Gasteiger charge is 2.15. The van der Waals surface area contributed by atoms with Crippen LogP contribution < -0.4 is 11.1 Å². The van der Waals surface area contributed by atoms with Gasteiger partial charge in [0.05, 0.1) is 11.5 Å². The molecule has 0 amide bonds. The predicted molar refractivity (Wildman–Crippen MR) is 65.0 cm³/mol. The van der Waals surface area contributed by atoms with E-state index in [0.717, 1.165) is 19.4 Å². The summed E-state index contributed by atoms with van der Waals surface area (Å²) in [6.07, 6.45) is 2.00. The number of nitro benzene ring substituents is 1. The van der Waals surface area contributed by atoms with Gasteiger partial charge in [0, 0.05) is 36.2 Å². The highest BCUT2D eigenvalue weighted by atomic mass is 16.6. The first-order valence-corrected chi connectivity index (χ1v) is 5.54. The van der Waals surface area contributed by atoms with Crippen LogP contribution >= 0.6 is 0 Å². The topological polar surface area (TPSA) is 90.4 Å². The van der Waals surface area contributed by atoms with Crippen LogP contribution in [0.5, 0.6) is 0 Å². The summed E-state index contributed by atoms with van der Waals surface area (Å²) in [5.74, 6) is 0. The zero-order valence-electron chi connectivity index (χ0n) is 9.39. The van der Waals surface area contributed by atoms with Crippen molar-refractivity contribution in [3.63, 3.8) is 0 Å². The minimum absolute atomic E-state index is 0.00391. The summed E-state index contributed by atoms with van der Waals surface area (Å²) in [5, 5.41) is 13.9. The molecule has 1 heterocycles. The number of ether oxygens (including phenoxy) is 1. The molecule has 1 atom stereocenters. The predicted octanol–water partition coefficient (Wildman–Crippen LogP) is 1.77. The summed E-state index contributed by atoms with van der Waals surface area (Å²) >= 11 is 0. The lowest BCUT2D eigenvalue weighted by molar-refractivity contribution is -0.384. The summed E-state index contributed by atoms with van der Waals surface area (Å²) in [7, 11) is 0. The molecular weight excluding hydrogens is 222 g/mol. The quantitative estimate of drug-likeness (QED) is 0.475. The fraction of sp³-hybridized carbons (Fsp3) is 0.455. The maximum absolute atomic E-state index is 10.7. The van der Waals surface area contributed by atoms with Crippen LogP contribution in [0.1, 0.15) is 12.8 Å². The maximum Gasteiger partial charge on any atom is 0.273 e. The standard InChI is InChI=1S/C11H15N3O3/c12-8-4-10(6-11(5-8)14(15)16)13-9-2-1-3-17-7-9/h4-6,9,13H,1-3,7,12H2. The number of anilines is 2. The van der Waals surface area contributed by atoms with E-state index in [0.29, 0.717) is 18.0 Å². The Hall–Kier alpha value is -1.82. The second kappa shape index (κ2) is 5.01. The van der Waals surface area contributed by atoms with E-state index in [9.17, 15) is 10.1 Å². The van der Waals surface area contributed by atoms with Crippen LogP contribution in [0.4, 0.5) is 17.1 Å². The molecular formula is C11H15N3O3. The van der Waals surface area contributed by atoms with Crippen LogP contribution in [0, 0.1) is 10.1 Å². The normalized spacial score (nSPS) is 19.9. The molecule has 0 spiro atoms. The third-order valence-corrected chi connectivity index (χ3v) is 2.68. The minimum Gasteiger partial charge on any atom is -0.398 e. The molecule has 0 radical (unpaired) electrons. The van der Waals surface area contributed by atoms with Gasteiger partial charge in [0.15, 0.2) is 0 Å². The first kappa shape index (κ1) is 11.7. The van der Waals surface area contributed by atoms with Crippen molar-refractivity contribution in [2.75, 3.05) is 24.3 Å². The lowest BCUT2D eigenvalue weighted by atomic mass is 10.1. The number of non-ortho nitro benzene ring substituents is 1. The summed E-state index contributed by atoms with van der Waals surface area (Å²) in [6, 6.07) is 4.74. The zero-order chi connectivity index (χ0) is 12.3. The van der Waals surface area contributed by atoms with Crippen LogP contribution in [0.3, 0.4) is 0 Å². The number of benzene rings is 1. The van der Waals surface area contributed by atoms with E-state index in [2.05, 4.69) is 5.32 Å². The highest BCUT2D eigenvalue weighted by molar-refractivity contribution is 5.61. The Labute approximate surface area is 98.9 Å². The van der Waals surface area contributed by atoms with Gasteiger partial charge in [-0.2, -0.15) is 0 Å². The molecule has 3 N–H and O–H groups in total. The summed E-state index contributed by atoms with van der Waals surface area (Å²) in [6.45, 7) is 1.41. The smallest absolute Gasteiger partial charge is 0.273 e. The average molecular weight is 237 g/mol. The lowest BCUT2D eigenvalue weighted by Crippen LogP contribution is -2.29. The Morgan fingerprint density at radius 1 is 1.47 bits per heavy atom. The number of rotatable bonds is 3. The Balaban J connectivity index is 2.11. The monoisotopic (exact) mass is 237 g/mol. The SMILES string of the molecule is Nc1cc(NC2CCCOC2)cc([N+](=O)[O-])c1. The number of nitrogen functional groups attached to an aromatic ring is 1. The van der Waals surface area contributed by atoms with Gasteiger partial charge < -0.3 is 15.8 Å². The molecule has 0 aliphatic carbocycles. The van der Waals surface area contributed by atoms with Gasteiger partial charge in [0.2, 0.25) is 0 Å². The third kappa shape index (κ3) is 3.07. The Morgan fingerprint density at radius 2 is 2.29 bits per heavy atom. The zero-order valence-corrected chi connectivity index (χ0v) is 9.39. The van der Waals surface area contributed by atoms with E-state index in [1.165, 1.54) is 12.1 Å². The van der Waals surface area contributed by atoms with E-state index in [1.54, 1.807) is 6.07 Å². The molecule has 0 aromatic heterocycles.